The predicted octanol–water partition coefficient (Wildman–Crippen LogP) is 1.88. The van der Waals surface area contributed by atoms with Gasteiger partial charge in [0.2, 0.25) is 0 Å². The molecule has 0 spiro atoms. The van der Waals surface area contributed by atoms with Crippen LogP contribution in [0.5, 0.6) is 0 Å². The first-order valence-electron chi connectivity index (χ1n) is 7.65. The third kappa shape index (κ3) is 6.68. The van der Waals surface area contributed by atoms with Crippen molar-refractivity contribution < 1.29 is 19.0 Å². The van der Waals surface area contributed by atoms with E-state index >= 15 is 0 Å². The van der Waals surface area contributed by atoms with E-state index in [1.807, 2.05) is 0 Å². The third-order valence-electron chi connectivity index (χ3n) is 3.99. The number of carbonyl (C=O) groups excluding carboxylic acids is 1. The Hall–Kier alpha value is -0.650. The van der Waals surface area contributed by atoms with Gasteiger partial charge in [-0.25, -0.2) is 0 Å². The Morgan fingerprint density at radius 1 is 1.10 bits per heavy atom. The second kappa shape index (κ2) is 10.1. The van der Waals surface area contributed by atoms with Crippen LogP contribution in [0.15, 0.2) is 0 Å². The number of carbonyl (C=O) groups is 1. The summed E-state index contributed by atoms with van der Waals surface area (Å²) < 4.78 is 15.5. The van der Waals surface area contributed by atoms with Crippen molar-refractivity contribution in [2.75, 3.05) is 40.1 Å². The molecule has 1 saturated carbocycles. The van der Waals surface area contributed by atoms with Crippen molar-refractivity contribution in [1.82, 2.24) is 0 Å². The van der Waals surface area contributed by atoms with Gasteiger partial charge in [0, 0.05) is 20.1 Å². The summed E-state index contributed by atoms with van der Waals surface area (Å²) in [5, 5.41) is 0. The van der Waals surface area contributed by atoms with Gasteiger partial charge in [-0.2, -0.15) is 0 Å². The fraction of sp³-hybridized carbons (Fsp3) is 0.933. The molecule has 0 aromatic heterocycles. The Bertz CT molecular complexity index is 265. The lowest BCUT2D eigenvalue weighted by Crippen LogP contribution is -2.35. The molecule has 1 fully saturated rings. The summed E-state index contributed by atoms with van der Waals surface area (Å²) in [6.07, 6.45) is 6.92. The molecule has 0 bridgehead atoms. The van der Waals surface area contributed by atoms with Gasteiger partial charge >= 0.3 is 5.97 Å². The molecule has 0 unspecified atom stereocenters. The second-order valence-corrected chi connectivity index (χ2v) is 5.62. The second-order valence-electron chi connectivity index (χ2n) is 5.62. The van der Waals surface area contributed by atoms with E-state index in [-0.39, 0.29) is 11.4 Å². The molecule has 1 aliphatic carbocycles. The quantitative estimate of drug-likeness (QED) is 0.491. The summed E-state index contributed by atoms with van der Waals surface area (Å²) in [6, 6.07) is 0. The van der Waals surface area contributed by atoms with Gasteiger partial charge in [-0.3, -0.25) is 4.79 Å². The lowest BCUT2D eigenvalue weighted by Gasteiger charge is -2.35. The number of hydrogen-bond acceptors (Lipinski definition) is 5. The molecule has 118 valence electrons. The molecule has 0 amide bonds. The highest BCUT2D eigenvalue weighted by molar-refractivity contribution is 5.70. The van der Waals surface area contributed by atoms with E-state index in [4.69, 9.17) is 19.9 Å². The Morgan fingerprint density at radius 2 is 1.85 bits per heavy atom. The van der Waals surface area contributed by atoms with Crippen molar-refractivity contribution in [2.45, 2.75) is 44.9 Å². The first kappa shape index (κ1) is 17.4. The maximum Gasteiger partial charge on any atom is 0.306 e. The van der Waals surface area contributed by atoms with Crippen molar-refractivity contribution in [1.29, 1.82) is 0 Å². The van der Waals surface area contributed by atoms with Crippen molar-refractivity contribution in [3.63, 3.8) is 0 Å². The van der Waals surface area contributed by atoms with Gasteiger partial charge in [0.1, 0.15) is 0 Å². The Balaban J connectivity index is 2.10. The van der Waals surface area contributed by atoms with E-state index in [1.54, 1.807) is 7.11 Å². The van der Waals surface area contributed by atoms with Crippen LogP contribution < -0.4 is 5.73 Å². The highest BCUT2D eigenvalue weighted by atomic mass is 16.5. The van der Waals surface area contributed by atoms with Crippen LogP contribution in [0, 0.1) is 5.41 Å². The monoisotopic (exact) mass is 287 g/mol. The topological polar surface area (TPSA) is 70.8 Å². The third-order valence-corrected chi connectivity index (χ3v) is 3.99. The molecule has 5 heteroatoms. The van der Waals surface area contributed by atoms with Gasteiger partial charge in [0.25, 0.3) is 0 Å². The van der Waals surface area contributed by atoms with Crippen molar-refractivity contribution in [3.8, 4) is 0 Å². The molecule has 20 heavy (non-hydrogen) atoms. The lowest BCUT2D eigenvalue weighted by atomic mass is 9.72. The van der Waals surface area contributed by atoms with Gasteiger partial charge in [-0.05, 0) is 24.8 Å². The molecule has 2 N–H and O–H groups in total. The first-order valence-corrected chi connectivity index (χ1v) is 7.65. The van der Waals surface area contributed by atoms with Gasteiger partial charge in [-0.15, -0.1) is 0 Å². The van der Waals surface area contributed by atoms with Gasteiger partial charge in [0.15, 0.2) is 0 Å². The highest BCUT2D eigenvalue weighted by Gasteiger charge is 2.33. The number of methoxy groups -OCH3 is 1. The van der Waals surface area contributed by atoms with Crippen molar-refractivity contribution in [2.24, 2.45) is 11.1 Å². The van der Waals surface area contributed by atoms with E-state index in [2.05, 4.69) is 0 Å². The van der Waals surface area contributed by atoms with E-state index < -0.39 is 0 Å². The molecular formula is C15H29NO4. The summed E-state index contributed by atoms with van der Waals surface area (Å²) in [5.41, 5.74) is 5.86. The molecule has 0 saturated heterocycles. The number of rotatable bonds is 10. The molecule has 0 heterocycles. The molecule has 0 atom stereocenters. The van der Waals surface area contributed by atoms with E-state index in [1.165, 1.54) is 19.3 Å². The molecule has 0 aliphatic heterocycles. The number of nitrogens with two attached hydrogens (primary N) is 1. The predicted molar refractivity (Wildman–Crippen MR) is 77.5 cm³/mol. The molecule has 5 nitrogen and oxygen atoms in total. The highest BCUT2D eigenvalue weighted by Crippen LogP contribution is 2.38. The van der Waals surface area contributed by atoms with Crippen LogP contribution in [-0.2, 0) is 19.0 Å². The van der Waals surface area contributed by atoms with E-state index in [0.717, 1.165) is 19.3 Å². The van der Waals surface area contributed by atoms with Gasteiger partial charge in [-0.1, -0.05) is 19.3 Å². The van der Waals surface area contributed by atoms with Crippen molar-refractivity contribution >= 4 is 5.97 Å². The SMILES string of the molecule is COCCOCCCOC(=O)CC1(CN)CCCCC1. The zero-order valence-electron chi connectivity index (χ0n) is 12.7. The van der Waals surface area contributed by atoms with E-state index in [9.17, 15) is 4.79 Å². The normalized spacial score (nSPS) is 17.9. The molecule has 0 aromatic rings. The summed E-state index contributed by atoms with van der Waals surface area (Å²) in [6.45, 7) is 2.78. The Morgan fingerprint density at radius 3 is 2.50 bits per heavy atom. The Labute approximate surface area is 122 Å². The maximum absolute atomic E-state index is 11.9. The number of esters is 1. The molecule has 0 radical (unpaired) electrons. The summed E-state index contributed by atoms with van der Waals surface area (Å²) in [5.74, 6) is -0.116. The van der Waals surface area contributed by atoms with E-state index in [0.29, 0.717) is 39.4 Å². The fourth-order valence-electron chi connectivity index (χ4n) is 2.70. The van der Waals surface area contributed by atoms with Crippen molar-refractivity contribution in [3.05, 3.63) is 0 Å². The van der Waals surface area contributed by atoms with Crippen LogP contribution in [0.3, 0.4) is 0 Å². The van der Waals surface area contributed by atoms with Crippen LogP contribution >= 0.6 is 0 Å². The molecule has 1 rings (SSSR count). The lowest BCUT2D eigenvalue weighted by molar-refractivity contribution is -0.147. The van der Waals surface area contributed by atoms with Crippen LogP contribution in [0.4, 0.5) is 0 Å². The first-order chi connectivity index (χ1) is 9.72. The Kier molecular flexibility index (Phi) is 8.82. The van der Waals surface area contributed by atoms with Crippen LogP contribution in [0.1, 0.15) is 44.9 Å². The number of ether oxygens (including phenoxy) is 3. The molecule has 1 aliphatic rings. The molecular weight excluding hydrogens is 258 g/mol. The standard InChI is InChI=1S/C15H29NO4/c1-18-10-11-19-8-5-9-20-14(17)12-15(13-16)6-3-2-4-7-15/h2-13,16H2,1H3. The summed E-state index contributed by atoms with van der Waals surface area (Å²) in [4.78, 5) is 11.9. The molecule has 0 aromatic carbocycles. The largest absolute Gasteiger partial charge is 0.466 e. The average Bonchev–Trinajstić information content (AvgIpc) is 2.47. The smallest absolute Gasteiger partial charge is 0.306 e. The minimum Gasteiger partial charge on any atom is -0.466 e. The van der Waals surface area contributed by atoms with Crippen LogP contribution in [-0.4, -0.2) is 46.1 Å². The van der Waals surface area contributed by atoms with Crippen LogP contribution in [0.25, 0.3) is 0 Å². The van der Waals surface area contributed by atoms with Crippen LogP contribution in [0.2, 0.25) is 0 Å². The number of hydrogen-bond donors (Lipinski definition) is 1. The van der Waals surface area contributed by atoms with Gasteiger partial charge in [0.05, 0.1) is 26.2 Å². The zero-order valence-corrected chi connectivity index (χ0v) is 12.7. The fourth-order valence-corrected chi connectivity index (χ4v) is 2.70. The summed E-state index contributed by atoms with van der Waals surface area (Å²) in [7, 11) is 1.64. The minimum absolute atomic E-state index is 0.00962. The maximum atomic E-state index is 11.9. The minimum atomic E-state index is -0.116. The zero-order chi connectivity index (χ0) is 14.7. The summed E-state index contributed by atoms with van der Waals surface area (Å²) >= 11 is 0. The van der Waals surface area contributed by atoms with Gasteiger partial charge < -0.3 is 19.9 Å². The average molecular weight is 287 g/mol.